The zero-order valence-corrected chi connectivity index (χ0v) is 31.4. The Morgan fingerprint density at radius 3 is 2.40 bits per heavy atom. The Kier molecular flexibility index (Phi) is 10.5. The molecule has 1 aromatic heterocycles. The van der Waals surface area contributed by atoms with E-state index in [-0.39, 0.29) is 17.7 Å². The van der Waals surface area contributed by atoms with Crippen LogP contribution in [0.2, 0.25) is 0 Å². The number of thiazole rings is 1. The van der Waals surface area contributed by atoms with Crippen LogP contribution in [0, 0.1) is 3.57 Å². The Balaban J connectivity index is 1.55. The fourth-order valence-electron chi connectivity index (χ4n) is 5.26. The predicted molar refractivity (Wildman–Crippen MR) is 199 cm³/mol. The number of nitrogens with zero attached hydrogens (tertiary/aromatic N) is 2. The lowest BCUT2D eigenvalue weighted by Crippen LogP contribution is -2.40. The Labute approximate surface area is 305 Å². The molecule has 6 rings (SSSR count). The van der Waals surface area contributed by atoms with Gasteiger partial charge in [-0.25, -0.2) is 9.79 Å². The number of rotatable bonds is 9. The van der Waals surface area contributed by atoms with Crippen LogP contribution in [-0.4, -0.2) is 24.3 Å². The quantitative estimate of drug-likeness (QED) is 0.112. The molecule has 11 heteroatoms. The van der Waals surface area contributed by atoms with Gasteiger partial charge in [0.25, 0.3) is 5.56 Å². The van der Waals surface area contributed by atoms with Crippen molar-refractivity contribution in [3.8, 4) is 11.5 Å². The Bertz CT molecular complexity index is 2160. The van der Waals surface area contributed by atoms with Crippen LogP contribution >= 0.6 is 65.8 Å². The lowest BCUT2D eigenvalue weighted by Gasteiger charge is -2.26. The number of aromatic nitrogens is 1. The standard InChI is InChI=1S/C36H27Br2IN2O5S/c1-3-45-35(43)30-31(22-7-5-4-6-8-22)40-36-41(32(30)23-11-15-27(44-2)16-12-23)34(42)29(47-36)18-24-17-26(38)19-28(39)33(24)46-20-21-9-13-25(37)14-10-21/h4-19,32H,3,20H2,1-2H3/b29-18-/t32-/m0/s1. The van der Waals surface area contributed by atoms with Gasteiger partial charge in [-0.05, 0) is 83.1 Å². The average Bonchev–Trinajstić information content (AvgIpc) is 3.38. The summed E-state index contributed by atoms with van der Waals surface area (Å²) in [6, 6.07) is 27.9. The maximum Gasteiger partial charge on any atom is 0.338 e. The third-order valence-electron chi connectivity index (χ3n) is 7.43. The maximum atomic E-state index is 14.4. The first-order chi connectivity index (χ1) is 22.8. The lowest BCUT2D eigenvalue weighted by atomic mass is 9.93. The highest BCUT2D eigenvalue weighted by molar-refractivity contribution is 14.1. The van der Waals surface area contributed by atoms with Gasteiger partial charge in [0.1, 0.15) is 18.1 Å². The minimum absolute atomic E-state index is 0.175. The van der Waals surface area contributed by atoms with Crippen molar-refractivity contribution in [2.45, 2.75) is 19.6 Å². The molecule has 0 saturated heterocycles. The van der Waals surface area contributed by atoms with Gasteiger partial charge >= 0.3 is 5.97 Å². The molecule has 47 heavy (non-hydrogen) atoms. The molecular formula is C36H27Br2IN2O5S. The van der Waals surface area contributed by atoms with E-state index < -0.39 is 12.0 Å². The normalized spacial score (nSPS) is 14.4. The summed E-state index contributed by atoms with van der Waals surface area (Å²) in [6.07, 6.45) is 1.83. The molecule has 0 N–H and O–H groups in total. The number of halogens is 3. The van der Waals surface area contributed by atoms with E-state index in [0.29, 0.717) is 33.1 Å². The van der Waals surface area contributed by atoms with Crippen molar-refractivity contribution >= 4 is 83.5 Å². The second-order valence-electron chi connectivity index (χ2n) is 10.4. The summed E-state index contributed by atoms with van der Waals surface area (Å²) in [6.45, 7) is 2.29. The van der Waals surface area contributed by atoms with E-state index in [9.17, 15) is 9.59 Å². The van der Waals surface area contributed by atoms with E-state index >= 15 is 0 Å². The molecule has 0 radical (unpaired) electrons. The molecule has 0 aliphatic carbocycles. The van der Waals surface area contributed by atoms with Gasteiger partial charge in [-0.15, -0.1) is 0 Å². The van der Waals surface area contributed by atoms with Gasteiger partial charge in [0.05, 0.1) is 39.1 Å². The topological polar surface area (TPSA) is 79.1 Å². The number of carbonyl (C=O) groups excluding carboxylic acids is 1. The molecule has 4 aromatic carbocycles. The van der Waals surface area contributed by atoms with Crippen molar-refractivity contribution in [2.24, 2.45) is 4.99 Å². The summed E-state index contributed by atoms with van der Waals surface area (Å²) in [4.78, 5) is 33.5. The molecule has 0 saturated carbocycles. The fraction of sp³-hybridized carbons (Fsp3) is 0.139. The van der Waals surface area contributed by atoms with Gasteiger partial charge in [-0.1, -0.05) is 97.8 Å². The van der Waals surface area contributed by atoms with Crippen LogP contribution < -0.4 is 24.4 Å². The highest BCUT2D eigenvalue weighted by atomic mass is 127. The number of ether oxygens (including phenoxy) is 3. The van der Waals surface area contributed by atoms with E-state index in [1.807, 2.05) is 97.1 Å². The fourth-order valence-corrected chi connectivity index (χ4v) is 8.22. The van der Waals surface area contributed by atoms with Gasteiger partial charge in [0, 0.05) is 20.1 Å². The monoisotopic (exact) mass is 884 g/mol. The zero-order valence-electron chi connectivity index (χ0n) is 25.2. The first kappa shape index (κ1) is 33.4. The summed E-state index contributed by atoms with van der Waals surface area (Å²) >= 11 is 10.6. The molecule has 7 nitrogen and oxygen atoms in total. The highest BCUT2D eigenvalue weighted by Crippen LogP contribution is 2.36. The molecule has 1 aliphatic rings. The minimum atomic E-state index is -0.788. The van der Waals surface area contributed by atoms with Crippen molar-refractivity contribution in [1.29, 1.82) is 0 Å². The van der Waals surface area contributed by atoms with Gasteiger partial charge in [-0.2, -0.15) is 0 Å². The number of esters is 1. The van der Waals surface area contributed by atoms with Crippen LogP contribution in [0.4, 0.5) is 0 Å². The van der Waals surface area contributed by atoms with E-state index in [1.165, 1.54) is 11.3 Å². The van der Waals surface area contributed by atoms with E-state index in [0.717, 1.165) is 34.8 Å². The second-order valence-corrected chi connectivity index (χ2v) is 14.4. The summed E-state index contributed by atoms with van der Waals surface area (Å²) in [5.74, 6) is 0.785. The maximum absolute atomic E-state index is 14.4. The molecule has 1 aliphatic heterocycles. The molecule has 0 fully saturated rings. The lowest BCUT2D eigenvalue weighted by molar-refractivity contribution is -0.138. The van der Waals surface area contributed by atoms with Crippen LogP contribution in [0.3, 0.4) is 0 Å². The van der Waals surface area contributed by atoms with Crippen molar-refractivity contribution in [1.82, 2.24) is 4.57 Å². The third kappa shape index (κ3) is 7.18. The minimum Gasteiger partial charge on any atom is -0.497 e. The molecule has 0 unspecified atom stereocenters. The van der Waals surface area contributed by atoms with E-state index in [1.54, 1.807) is 18.6 Å². The molecular weight excluding hydrogens is 859 g/mol. The van der Waals surface area contributed by atoms with Gasteiger partial charge in [-0.3, -0.25) is 9.36 Å². The van der Waals surface area contributed by atoms with Gasteiger partial charge < -0.3 is 14.2 Å². The first-order valence-electron chi connectivity index (χ1n) is 14.6. The van der Waals surface area contributed by atoms with Crippen molar-refractivity contribution in [3.63, 3.8) is 0 Å². The number of benzene rings is 4. The highest BCUT2D eigenvalue weighted by Gasteiger charge is 2.35. The third-order valence-corrected chi connectivity index (χ3v) is 10.2. The summed E-state index contributed by atoms with van der Waals surface area (Å²) in [7, 11) is 1.59. The zero-order chi connectivity index (χ0) is 33.1. The summed E-state index contributed by atoms with van der Waals surface area (Å²) in [5.41, 5.74) is 3.69. The first-order valence-corrected chi connectivity index (χ1v) is 18.0. The number of methoxy groups -OCH3 is 1. The van der Waals surface area contributed by atoms with Gasteiger partial charge in [0.15, 0.2) is 4.80 Å². The smallest absolute Gasteiger partial charge is 0.338 e. The SMILES string of the molecule is CCOC(=O)C1=C(c2ccccc2)N=c2s/c(=C\c3cc(Br)cc(I)c3OCc3ccc(Br)cc3)c(=O)n2[C@H]1c1ccc(OC)cc1. The molecule has 2 heterocycles. The molecule has 0 bridgehead atoms. The van der Waals surface area contributed by atoms with Crippen LogP contribution in [0.5, 0.6) is 11.5 Å². The second kappa shape index (κ2) is 14.7. The molecule has 0 spiro atoms. The molecule has 5 aromatic rings. The van der Waals surface area contributed by atoms with Crippen LogP contribution in [0.1, 0.15) is 35.2 Å². The van der Waals surface area contributed by atoms with Crippen LogP contribution in [0.15, 0.2) is 115 Å². The summed E-state index contributed by atoms with van der Waals surface area (Å²) in [5, 5.41) is 0. The molecule has 1 atom stereocenters. The van der Waals surface area contributed by atoms with Crippen LogP contribution in [-0.2, 0) is 16.1 Å². The Hall–Kier alpha value is -3.52. The molecule has 0 amide bonds. The van der Waals surface area contributed by atoms with Crippen molar-refractivity contribution < 1.29 is 19.0 Å². The Morgan fingerprint density at radius 2 is 1.72 bits per heavy atom. The largest absolute Gasteiger partial charge is 0.497 e. The van der Waals surface area contributed by atoms with Crippen molar-refractivity contribution in [3.05, 3.63) is 151 Å². The molecule has 238 valence electrons. The number of hydrogen-bond donors (Lipinski definition) is 0. The predicted octanol–water partition coefficient (Wildman–Crippen LogP) is 7.65. The Morgan fingerprint density at radius 1 is 1.00 bits per heavy atom. The van der Waals surface area contributed by atoms with E-state index in [2.05, 4.69) is 54.5 Å². The number of carbonyl (C=O) groups is 1. The van der Waals surface area contributed by atoms with Crippen LogP contribution in [0.25, 0.3) is 11.8 Å². The summed E-state index contributed by atoms with van der Waals surface area (Å²) < 4.78 is 22.1. The van der Waals surface area contributed by atoms with E-state index in [4.69, 9.17) is 19.2 Å². The number of hydrogen-bond acceptors (Lipinski definition) is 7. The van der Waals surface area contributed by atoms with Crippen molar-refractivity contribution in [2.75, 3.05) is 13.7 Å². The average molecular weight is 886 g/mol. The van der Waals surface area contributed by atoms with Gasteiger partial charge in [0.2, 0.25) is 0 Å². The number of fused-ring (bicyclic) bond motifs is 1.